The SMILES string of the molecule is N#Cc1c(COC(=O)Cc2c[nH]c3ccccc23)cn2ccccc12. The lowest BCUT2D eigenvalue weighted by atomic mass is 10.1. The maximum Gasteiger partial charge on any atom is 0.310 e. The van der Waals surface area contributed by atoms with E-state index in [4.69, 9.17) is 4.74 Å². The highest BCUT2D eigenvalue weighted by Crippen LogP contribution is 2.20. The Labute approximate surface area is 144 Å². The van der Waals surface area contributed by atoms with E-state index in [0.29, 0.717) is 11.1 Å². The van der Waals surface area contributed by atoms with Crippen molar-refractivity contribution in [1.82, 2.24) is 9.38 Å². The molecule has 25 heavy (non-hydrogen) atoms. The molecule has 1 N–H and O–H groups in total. The molecule has 0 saturated heterocycles. The molecule has 3 aromatic heterocycles. The van der Waals surface area contributed by atoms with Crippen molar-refractivity contribution in [2.24, 2.45) is 0 Å². The van der Waals surface area contributed by atoms with Gasteiger partial charge in [-0.25, -0.2) is 0 Å². The fraction of sp³-hybridized carbons (Fsp3) is 0.100. The molecule has 122 valence electrons. The molecule has 0 bridgehead atoms. The van der Waals surface area contributed by atoms with Crippen LogP contribution in [-0.4, -0.2) is 15.4 Å². The number of nitriles is 1. The Balaban J connectivity index is 1.50. The monoisotopic (exact) mass is 329 g/mol. The highest BCUT2D eigenvalue weighted by Gasteiger charge is 2.14. The third-order valence-corrected chi connectivity index (χ3v) is 4.27. The molecule has 0 aliphatic heterocycles. The van der Waals surface area contributed by atoms with Gasteiger partial charge in [0.2, 0.25) is 0 Å². The molecule has 0 atom stereocenters. The molecule has 4 rings (SSSR count). The largest absolute Gasteiger partial charge is 0.460 e. The van der Waals surface area contributed by atoms with E-state index < -0.39 is 0 Å². The highest BCUT2D eigenvalue weighted by molar-refractivity contribution is 5.87. The van der Waals surface area contributed by atoms with Gasteiger partial charge in [0.15, 0.2) is 0 Å². The summed E-state index contributed by atoms with van der Waals surface area (Å²) in [6.45, 7) is 0.0890. The lowest BCUT2D eigenvalue weighted by Gasteiger charge is -2.03. The van der Waals surface area contributed by atoms with Crippen LogP contribution >= 0.6 is 0 Å². The third kappa shape index (κ3) is 2.74. The zero-order valence-electron chi connectivity index (χ0n) is 13.4. The fourth-order valence-electron chi connectivity index (χ4n) is 3.06. The number of hydrogen-bond donors (Lipinski definition) is 1. The van der Waals surface area contributed by atoms with Crippen LogP contribution < -0.4 is 0 Å². The van der Waals surface area contributed by atoms with Gasteiger partial charge in [-0.15, -0.1) is 0 Å². The summed E-state index contributed by atoms with van der Waals surface area (Å²) in [5, 5.41) is 10.4. The number of esters is 1. The molecule has 0 aliphatic carbocycles. The summed E-state index contributed by atoms with van der Waals surface area (Å²) in [5.74, 6) is -0.316. The molecule has 5 nitrogen and oxygen atoms in total. The van der Waals surface area contributed by atoms with E-state index in [2.05, 4.69) is 11.1 Å². The number of nitrogens with zero attached hydrogens (tertiary/aromatic N) is 2. The van der Waals surface area contributed by atoms with Gasteiger partial charge >= 0.3 is 5.97 Å². The first-order valence-electron chi connectivity index (χ1n) is 7.95. The Morgan fingerprint density at radius 2 is 2.00 bits per heavy atom. The molecule has 0 radical (unpaired) electrons. The summed E-state index contributed by atoms with van der Waals surface area (Å²) >= 11 is 0. The van der Waals surface area contributed by atoms with Crippen LogP contribution in [0.3, 0.4) is 0 Å². The summed E-state index contributed by atoms with van der Waals surface area (Å²) in [5.41, 5.74) is 3.97. The minimum atomic E-state index is -0.316. The number of H-pyrrole nitrogens is 1. The standard InChI is InChI=1S/C20H15N3O2/c21-10-17-15(12-23-8-4-3-7-19(17)23)13-25-20(24)9-14-11-22-18-6-2-1-5-16(14)18/h1-8,11-12,22H,9,13H2. The predicted octanol–water partition coefficient (Wildman–Crippen LogP) is 3.58. The van der Waals surface area contributed by atoms with Crippen molar-refractivity contribution >= 4 is 22.4 Å². The Kier molecular flexibility index (Phi) is 3.71. The van der Waals surface area contributed by atoms with E-state index in [1.165, 1.54) is 0 Å². The second-order valence-corrected chi connectivity index (χ2v) is 5.83. The number of carbonyl (C=O) groups is 1. The molecule has 0 amide bonds. The number of nitrogens with one attached hydrogen (secondary N) is 1. The van der Waals surface area contributed by atoms with Crippen molar-refractivity contribution in [3.05, 3.63) is 77.7 Å². The van der Waals surface area contributed by atoms with E-state index in [-0.39, 0.29) is 19.0 Å². The average molecular weight is 329 g/mol. The van der Waals surface area contributed by atoms with Gasteiger partial charge in [0, 0.05) is 35.1 Å². The van der Waals surface area contributed by atoms with Gasteiger partial charge in [-0.2, -0.15) is 5.26 Å². The van der Waals surface area contributed by atoms with Crippen LogP contribution in [0.5, 0.6) is 0 Å². The first kappa shape index (κ1) is 15.0. The summed E-state index contributed by atoms with van der Waals surface area (Å²) < 4.78 is 7.27. The average Bonchev–Trinajstić information content (AvgIpc) is 3.21. The summed E-state index contributed by atoms with van der Waals surface area (Å²) in [6.07, 6.45) is 5.72. The number of fused-ring (bicyclic) bond motifs is 2. The van der Waals surface area contributed by atoms with Gasteiger partial charge in [0.05, 0.1) is 17.5 Å². The number of rotatable bonds is 4. The number of ether oxygens (including phenoxy) is 1. The van der Waals surface area contributed by atoms with Crippen LogP contribution in [0.2, 0.25) is 0 Å². The molecular weight excluding hydrogens is 314 g/mol. The number of aromatic nitrogens is 2. The summed E-state index contributed by atoms with van der Waals surface area (Å²) in [7, 11) is 0. The van der Waals surface area contributed by atoms with E-state index in [1.807, 2.05) is 65.5 Å². The van der Waals surface area contributed by atoms with E-state index in [9.17, 15) is 10.1 Å². The van der Waals surface area contributed by atoms with Crippen molar-refractivity contribution in [2.45, 2.75) is 13.0 Å². The molecule has 3 heterocycles. The zero-order valence-corrected chi connectivity index (χ0v) is 13.4. The predicted molar refractivity (Wildman–Crippen MR) is 93.9 cm³/mol. The first-order chi connectivity index (χ1) is 12.3. The Morgan fingerprint density at radius 3 is 2.88 bits per heavy atom. The molecule has 0 spiro atoms. The van der Waals surface area contributed by atoms with Gasteiger partial charge in [-0.05, 0) is 23.8 Å². The second-order valence-electron chi connectivity index (χ2n) is 5.83. The van der Waals surface area contributed by atoms with Crippen molar-refractivity contribution in [1.29, 1.82) is 5.26 Å². The Hall–Kier alpha value is -3.52. The Bertz CT molecular complexity index is 1110. The topological polar surface area (TPSA) is 70.3 Å². The van der Waals surface area contributed by atoms with Gasteiger partial charge in [-0.1, -0.05) is 24.3 Å². The number of aromatic amines is 1. The van der Waals surface area contributed by atoms with Gasteiger partial charge in [0.1, 0.15) is 12.7 Å². The van der Waals surface area contributed by atoms with Crippen LogP contribution in [0.1, 0.15) is 16.7 Å². The van der Waals surface area contributed by atoms with Crippen LogP contribution in [0.15, 0.2) is 61.1 Å². The molecule has 0 aliphatic rings. The number of para-hydroxylation sites is 1. The summed E-state index contributed by atoms with van der Waals surface area (Å²) in [4.78, 5) is 15.4. The number of carbonyl (C=O) groups excluding carboxylic acids is 1. The van der Waals surface area contributed by atoms with Gasteiger partial charge < -0.3 is 14.1 Å². The minimum absolute atomic E-state index is 0.0890. The maximum atomic E-state index is 12.2. The molecule has 1 aromatic carbocycles. The van der Waals surface area contributed by atoms with Gasteiger partial charge in [-0.3, -0.25) is 4.79 Å². The van der Waals surface area contributed by atoms with E-state index in [1.54, 1.807) is 0 Å². The number of benzene rings is 1. The molecule has 0 unspecified atom stereocenters. The molecule has 0 saturated carbocycles. The second kappa shape index (κ2) is 6.17. The summed E-state index contributed by atoms with van der Waals surface area (Å²) in [6, 6.07) is 15.7. The van der Waals surface area contributed by atoms with Crippen LogP contribution in [0, 0.1) is 11.3 Å². The number of pyridine rings is 1. The lowest BCUT2D eigenvalue weighted by molar-refractivity contribution is -0.144. The minimum Gasteiger partial charge on any atom is -0.460 e. The molecule has 4 aromatic rings. The van der Waals surface area contributed by atoms with Crippen LogP contribution in [0.4, 0.5) is 0 Å². The van der Waals surface area contributed by atoms with Crippen LogP contribution in [0.25, 0.3) is 16.4 Å². The molecule has 5 heteroatoms. The van der Waals surface area contributed by atoms with Crippen molar-refractivity contribution in [2.75, 3.05) is 0 Å². The third-order valence-electron chi connectivity index (χ3n) is 4.27. The smallest absolute Gasteiger partial charge is 0.310 e. The van der Waals surface area contributed by atoms with E-state index in [0.717, 1.165) is 22.0 Å². The normalized spacial score (nSPS) is 10.8. The highest BCUT2D eigenvalue weighted by atomic mass is 16.5. The zero-order chi connectivity index (χ0) is 17.2. The molecule has 0 fully saturated rings. The molecular formula is C20H15N3O2. The maximum absolute atomic E-state index is 12.2. The fourth-order valence-corrected chi connectivity index (χ4v) is 3.06. The number of hydrogen-bond acceptors (Lipinski definition) is 3. The Morgan fingerprint density at radius 1 is 1.16 bits per heavy atom. The van der Waals surface area contributed by atoms with Crippen molar-refractivity contribution < 1.29 is 9.53 Å². The van der Waals surface area contributed by atoms with Crippen LogP contribution in [-0.2, 0) is 22.6 Å². The quantitative estimate of drug-likeness (QED) is 0.582. The van der Waals surface area contributed by atoms with Crippen molar-refractivity contribution in [3.8, 4) is 6.07 Å². The van der Waals surface area contributed by atoms with Crippen molar-refractivity contribution in [3.63, 3.8) is 0 Å². The van der Waals surface area contributed by atoms with Gasteiger partial charge in [0.25, 0.3) is 0 Å². The van der Waals surface area contributed by atoms with E-state index >= 15 is 0 Å². The first-order valence-corrected chi connectivity index (χ1v) is 7.95. The lowest BCUT2D eigenvalue weighted by Crippen LogP contribution is -2.08.